The lowest BCUT2D eigenvalue weighted by Gasteiger charge is -2.40. The number of benzene rings is 1. The Labute approximate surface area is 142 Å². The van der Waals surface area contributed by atoms with Crippen molar-refractivity contribution < 1.29 is 10.2 Å². The monoisotopic (exact) mass is 321 g/mol. The van der Waals surface area contributed by atoms with Gasteiger partial charge in [-0.25, -0.2) is 0 Å². The van der Waals surface area contributed by atoms with Gasteiger partial charge in [0.15, 0.2) is 0 Å². The number of hydrogen-bond donors (Lipinski definition) is 2. The molecule has 124 valence electrons. The maximum absolute atomic E-state index is 10.1. The van der Waals surface area contributed by atoms with Crippen LogP contribution >= 0.6 is 0 Å². The van der Waals surface area contributed by atoms with Gasteiger partial charge in [0.2, 0.25) is 0 Å². The summed E-state index contributed by atoms with van der Waals surface area (Å²) >= 11 is 0. The minimum Gasteiger partial charge on any atom is -0.508 e. The molecule has 1 saturated carbocycles. The third-order valence-electron chi connectivity index (χ3n) is 6.25. The van der Waals surface area contributed by atoms with Crippen molar-refractivity contribution in [1.82, 2.24) is 0 Å². The van der Waals surface area contributed by atoms with Crippen LogP contribution in [0, 0.1) is 29.1 Å². The Bertz CT molecular complexity index is 756. The quantitative estimate of drug-likeness (QED) is 0.841. The molecule has 4 atom stereocenters. The van der Waals surface area contributed by atoms with Gasteiger partial charge in [0.05, 0.1) is 12.5 Å². The molecule has 0 saturated heterocycles. The second kappa shape index (κ2) is 6.02. The van der Waals surface area contributed by atoms with E-state index in [1.54, 1.807) is 6.07 Å². The van der Waals surface area contributed by atoms with Gasteiger partial charge in [-0.05, 0) is 90.3 Å². The predicted molar refractivity (Wildman–Crippen MR) is 92.7 cm³/mol. The topological polar surface area (TPSA) is 64.2 Å². The molecule has 0 bridgehead atoms. The highest BCUT2D eigenvalue weighted by Gasteiger charge is 2.43. The van der Waals surface area contributed by atoms with Crippen LogP contribution in [0.2, 0.25) is 0 Å². The number of allylic oxidation sites excluding steroid dienone is 3. The Hall–Kier alpha value is -2.21. The number of aliphatic hydroxyl groups excluding tert-OH is 1. The Morgan fingerprint density at radius 2 is 2.04 bits per heavy atom. The molecule has 0 radical (unpaired) electrons. The average Bonchev–Trinajstić information content (AvgIpc) is 3.05. The van der Waals surface area contributed by atoms with Gasteiger partial charge in [0.25, 0.3) is 0 Å². The van der Waals surface area contributed by atoms with Gasteiger partial charge in [-0.2, -0.15) is 5.26 Å². The zero-order chi connectivity index (χ0) is 16.7. The van der Waals surface area contributed by atoms with E-state index < -0.39 is 0 Å². The summed E-state index contributed by atoms with van der Waals surface area (Å²) in [7, 11) is 0. The summed E-state index contributed by atoms with van der Waals surface area (Å²) in [4.78, 5) is 0. The largest absolute Gasteiger partial charge is 0.508 e. The predicted octanol–water partition coefficient (Wildman–Crippen LogP) is 4.53. The Balaban J connectivity index is 1.74. The lowest BCUT2D eigenvalue weighted by Crippen LogP contribution is -2.32. The minimum atomic E-state index is 0.300. The van der Waals surface area contributed by atoms with Crippen LogP contribution < -0.4 is 0 Å². The second-order valence-electron chi connectivity index (χ2n) is 7.46. The molecule has 1 fully saturated rings. The van der Waals surface area contributed by atoms with Gasteiger partial charge < -0.3 is 10.2 Å². The fourth-order valence-electron chi connectivity index (χ4n) is 5.25. The molecule has 3 nitrogen and oxygen atoms in total. The number of hydrogen-bond acceptors (Lipinski definition) is 3. The van der Waals surface area contributed by atoms with E-state index in [1.165, 1.54) is 30.4 Å². The number of fused-ring (bicyclic) bond motifs is 3. The van der Waals surface area contributed by atoms with Crippen LogP contribution in [0.5, 0.6) is 5.75 Å². The van der Waals surface area contributed by atoms with Crippen molar-refractivity contribution in [3.05, 3.63) is 52.8 Å². The molecule has 4 rings (SSSR count). The van der Waals surface area contributed by atoms with E-state index in [2.05, 4.69) is 12.1 Å². The first kappa shape index (κ1) is 15.3. The lowest BCUT2D eigenvalue weighted by molar-refractivity contribution is 0.222. The molecular weight excluding hydrogens is 298 g/mol. The normalized spacial score (nSPS) is 31.0. The zero-order valence-electron chi connectivity index (χ0n) is 13.8. The third-order valence-corrected chi connectivity index (χ3v) is 6.25. The van der Waals surface area contributed by atoms with Crippen molar-refractivity contribution in [3.63, 3.8) is 0 Å². The standard InChI is InChI=1S/C21H23NO2/c22-9-8-14-10-16(24)11-21-18-3-1-2-17(18)19(12-20(14)21)13-4-6-15(23)7-5-13/h4,6-7,10-11,13,17-19,23-24H,1-3,5,8,12H2/t13?,17-,18+,19-/m0/s1. The van der Waals surface area contributed by atoms with E-state index in [0.717, 1.165) is 18.4 Å². The van der Waals surface area contributed by atoms with Crippen LogP contribution in [0.25, 0.3) is 0 Å². The number of rotatable bonds is 2. The van der Waals surface area contributed by atoms with E-state index in [4.69, 9.17) is 5.26 Å². The molecule has 0 aromatic heterocycles. The van der Waals surface area contributed by atoms with Crippen molar-refractivity contribution in [2.45, 2.75) is 44.4 Å². The molecule has 1 aromatic carbocycles. The SMILES string of the molecule is N#CCc1cc(O)cc2c1C[C@@H](C1C=CC(O)=CC1)[C@H]1CCC[C@@H]21. The van der Waals surface area contributed by atoms with Crippen molar-refractivity contribution in [2.24, 2.45) is 17.8 Å². The van der Waals surface area contributed by atoms with Gasteiger partial charge in [-0.1, -0.05) is 12.5 Å². The molecule has 1 aromatic rings. The van der Waals surface area contributed by atoms with Crippen molar-refractivity contribution in [1.29, 1.82) is 5.26 Å². The van der Waals surface area contributed by atoms with Crippen LogP contribution in [0.1, 0.15) is 48.3 Å². The van der Waals surface area contributed by atoms with E-state index >= 15 is 0 Å². The van der Waals surface area contributed by atoms with E-state index in [1.807, 2.05) is 18.2 Å². The molecule has 1 unspecified atom stereocenters. The Morgan fingerprint density at radius 1 is 1.17 bits per heavy atom. The summed E-state index contributed by atoms with van der Waals surface area (Å²) in [6.07, 6.45) is 11.9. The summed E-state index contributed by atoms with van der Waals surface area (Å²) < 4.78 is 0. The summed E-state index contributed by atoms with van der Waals surface area (Å²) in [6.45, 7) is 0. The number of aliphatic hydroxyl groups is 1. The molecule has 0 heterocycles. The first-order valence-corrected chi connectivity index (χ1v) is 8.96. The third kappa shape index (κ3) is 2.51. The van der Waals surface area contributed by atoms with Gasteiger partial charge in [0, 0.05) is 0 Å². The summed E-state index contributed by atoms with van der Waals surface area (Å²) in [5.74, 6) is 2.86. The number of nitrogens with zero attached hydrogens (tertiary/aromatic N) is 1. The van der Waals surface area contributed by atoms with Crippen LogP contribution in [0.15, 0.2) is 36.1 Å². The van der Waals surface area contributed by atoms with E-state index in [-0.39, 0.29) is 0 Å². The number of phenols is 1. The van der Waals surface area contributed by atoms with Crippen LogP contribution in [0.3, 0.4) is 0 Å². The van der Waals surface area contributed by atoms with Crippen molar-refractivity contribution in [3.8, 4) is 11.8 Å². The second-order valence-corrected chi connectivity index (χ2v) is 7.46. The highest BCUT2D eigenvalue weighted by atomic mass is 16.3. The maximum atomic E-state index is 10.1. The molecule has 0 aliphatic heterocycles. The minimum absolute atomic E-state index is 0.300. The first-order valence-electron chi connectivity index (χ1n) is 8.96. The van der Waals surface area contributed by atoms with Gasteiger partial charge in [0.1, 0.15) is 11.5 Å². The Morgan fingerprint density at radius 3 is 2.79 bits per heavy atom. The van der Waals surface area contributed by atoms with Gasteiger partial charge in [-0.15, -0.1) is 0 Å². The number of phenolic OH excluding ortho intramolecular Hbond substituents is 1. The number of nitriles is 1. The highest BCUT2D eigenvalue weighted by molar-refractivity contribution is 5.47. The van der Waals surface area contributed by atoms with E-state index in [9.17, 15) is 10.2 Å². The molecule has 0 spiro atoms. The fraction of sp³-hybridized carbons (Fsp3) is 0.476. The number of aromatic hydroxyl groups is 1. The van der Waals surface area contributed by atoms with Crippen LogP contribution in [0.4, 0.5) is 0 Å². The summed E-state index contributed by atoms with van der Waals surface area (Å²) in [6, 6.07) is 5.97. The molecule has 2 N–H and O–H groups in total. The van der Waals surface area contributed by atoms with Gasteiger partial charge >= 0.3 is 0 Å². The fourth-order valence-corrected chi connectivity index (χ4v) is 5.25. The highest BCUT2D eigenvalue weighted by Crippen LogP contribution is 2.53. The molecule has 0 amide bonds. The molecule has 3 aliphatic carbocycles. The molecule has 3 aliphatic rings. The van der Waals surface area contributed by atoms with Gasteiger partial charge in [-0.3, -0.25) is 0 Å². The Kier molecular flexibility index (Phi) is 3.84. The molecule has 3 heteroatoms. The summed E-state index contributed by atoms with van der Waals surface area (Å²) in [5, 5.41) is 28.9. The van der Waals surface area contributed by atoms with Crippen molar-refractivity contribution in [2.75, 3.05) is 0 Å². The smallest absolute Gasteiger partial charge is 0.116 e. The lowest BCUT2D eigenvalue weighted by atomic mass is 9.64. The summed E-state index contributed by atoms with van der Waals surface area (Å²) in [5.41, 5.74) is 3.59. The average molecular weight is 321 g/mol. The first-order chi connectivity index (χ1) is 11.7. The van der Waals surface area contributed by atoms with Crippen molar-refractivity contribution >= 4 is 0 Å². The molecule has 24 heavy (non-hydrogen) atoms. The van der Waals surface area contributed by atoms with Crippen LogP contribution in [-0.4, -0.2) is 10.2 Å². The zero-order valence-corrected chi connectivity index (χ0v) is 13.8. The molecular formula is C21H23NO2. The maximum Gasteiger partial charge on any atom is 0.116 e. The van der Waals surface area contributed by atoms with Crippen LogP contribution in [-0.2, 0) is 12.8 Å². The van der Waals surface area contributed by atoms with E-state index in [0.29, 0.717) is 41.6 Å².